The minimum absolute atomic E-state index is 0.198. The first kappa shape index (κ1) is 13.3. The van der Waals surface area contributed by atoms with Crippen molar-refractivity contribution < 1.29 is 4.74 Å². The fraction of sp³-hybridized carbons (Fsp3) is 1.00. The van der Waals surface area contributed by atoms with Crippen molar-refractivity contribution in [1.82, 2.24) is 9.80 Å². The number of methoxy groups -OCH3 is 1. The molecule has 2 N–H and O–H groups in total. The lowest BCUT2D eigenvalue weighted by molar-refractivity contribution is -0.0985. The van der Waals surface area contributed by atoms with E-state index in [4.69, 9.17) is 10.5 Å². The summed E-state index contributed by atoms with van der Waals surface area (Å²) in [6, 6.07) is 0.662. The zero-order valence-electron chi connectivity index (χ0n) is 11.5. The molecule has 0 aromatic rings. The summed E-state index contributed by atoms with van der Waals surface area (Å²) in [6.07, 6.45) is 5.22. The van der Waals surface area contributed by atoms with Crippen molar-refractivity contribution in [3.63, 3.8) is 0 Å². The molecule has 1 saturated carbocycles. The Hall–Kier alpha value is -0.160. The number of likely N-dealkylation sites (N-methyl/N-ethyl adjacent to an activating group) is 2. The van der Waals surface area contributed by atoms with Gasteiger partial charge in [-0.15, -0.1) is 0 Å². The number of rotatable bonds is 4. The lowest BCUT2D eigenvalue weighted by Crippen LogP contribution is -2.66. The molecule has 2 aliphatic rings. The quantitative estimate of drug-likeness (QED) is 0.779. The van der Waals surface area contributed by atoms with E-state index in [1.54, 1.807) is 7.11 Å². The van der Waals surface area contributed by atoms with E-state index >= 15 is 0 Å². The molecule has 1 heterocycles. The second-order valence-electron chi connectivity index (χ2n) is 5.86. The van der Waals surface area contributed by atoms with Gasteiger partial charge in [-0.1, -0.05) is 0 Å². The Kier molecular flexibility index (Phi) is 4.08. The zero-order valence-corrected chi connectivity index (χ0v) is 11.5. The summed E-state index contributed by atoms with van der Waals surface area (Å²) in [5.41, 5.74) is 6.22. The van der Waals surface area contributed by atoms with Gasteiger partial charge in [0.25, 0.3) is 0 Å². The third kappa shape index (κ3) is 2.50. The highest BCUT2D eigenvalue weighted by Crippen LogP contribution is 2.40. The second kappa shape index (κ2) is 5.22. The summed E-state index contributed by atoms with van der Waals surface area (Å²) in [7, 11) is 6.27. The van der Waals surface area contributed by atoms with Crippen molar-refractivity contribution in [1.29, 1.82) is 0 Å². The lowest BCUT2D eigenvalue weighted by Gasteiger charge is -2.55. The van der Waals surface area contributed by atoms with E-state index in [-0.39, 0.29) is 5.54 Å². The van der Waals surface area contributed by atoms with Gasteiger partial charge < -0.3 is 15.4 Å². The minimum atomic E-state index is 0.198. The van der Waals surface area contributed by atoms with E-state index in [1.165, 1.54) is 25.9 Å². The molecule has 1 aliphatic heterocycles. The molecule has 1 saturated heterocycles. The third-order valence-electron chi connectivity index (χ3n) is 4.82. The molecule has 0 radical (unpaired) electrons. The van der Waals surface area contributed by atoms with E-state index in [1.807, 2.05) is 0 Å². The van der Waals surface area contributed by atoms with Crippen LogP contribution in [0.5, 0.6) is 0 Å². The molecular weight excluding hydrogens is 214 g/mol. The van der Waals surface area contributed by atoms with Gasteiger partial charge in [0.2, 0.25) is 0 Å². The predicted molar refractivity (Wildman–Crippen MR) is 70.1 cm³/mol. The van der Waals surface area contributed by atoms with Crippen molar-refractivity contribution in [3.8, 4) is 0 Å². The van der Waals surface area contributed by atoms with Gasteiger partial charge in [0, 0.05) is 31.8 Å². The first-order chi connectivity index (χ1) is 8.11. The largest absolute Gasteiger partial charge is 0.381 e. The van der Waals surface area contributed by atoms with E-state index in [9.17, 15) is 0 Å². The average Bonchev–Trinajstić information content (AvgIpc) is 2.28. The molecule has 1 aliphatic carbocycles. The van der Waals surface area contributed by atoms with Crippen molar-refractivity contribution in [2.45, 2.75) is 43.4 Å². The molecule has 17 heavy (non-hydrogen) atoms. The van der Waals surface area contributed by atoms with Crippen LogP contribution in [0.15, 0.2) is 0 Å². The fourth-order valence-electron chi connectivity index (χ4n) is 3.40. The van der Waals surface area contributed by atoms with Gasteiger partial charge in [0.05, 0.1) is 6.10 Å². The Morgan fingerprint density at radius 1 is 1.47 bits per heavy atom. The van der Waals surface area contributed by atoms with Gasteiger partial charge in [-0.05, 0) is 46.3 Å². The Balaban J connectivity index is 1.95. The van der Waals surface area contributed by atoms with Crippen LogP contribution in [0.25, 0.3) is 0 Å². The van der Waals surface area contributed by atoms with Gasteiger partial charge in [0.1, 0.15) is 0 Å². The molecule has 4 nitrogen and oxygen atoms in total. The summed E-state index contributed by atoms with van der Waals surface area (Å²) in [5, 5.41) is 0. The van der Waals surface area contributed by atoms with Crippen LogP contribution in [0.3, 0.4) is 0 Å². The molecule has 0 aromatic heterocycles. The Labute approximate surface area is 105 Å². The Morgan fingerprint density at radius 3 is 2.71 bits per heavy atom. The maximum absolute atomic E-state index is 6.02. The normalized spacial score (nSPS) is 39.4. The SMILES string of the molecule is COC1CC(CN)(N(C)C2CCCN(C)C2)C1. The maximum atomic E-state index is 6.02. The highest BCUT2D eigenvalue weighted by molar-refractivity contribution is 5.05. The average molecular weight is 241 g/mol. The van der Waals surface area contributed by atoms with Gasteiger partial charge >= 0.3 is 0 Å². The molecular formula is C13H27N3O. The number of nitrogens with zero attached hydrogens (tertiary/aromatic N) is 2. The number of likely N-dealkylation sites (tertiary alicyclic amines) is 1. The number of nitrogens with two attached hydrogens (primary N) is 1. The molecule has 1 atom stereocenters. The Bertz CT molecular complexity index is 253. The van der Waals surface area contributed by atoms with E-state index < -0.39 is 0 Å². The zero-order chi connectivity index (χ0) is 12.5. The predicted octanol–water partition coefficient (Wildman–Crippen LogP) is 0.519. The fourth-order valence-corrected chi connectivity index (χ4v) is 3.40. The van der Waals surface area contributed by atoms with Crippen molar-refractivity contribution in [2.75, 3.05) is 40.8 Å². The summed E-state index contributed by atoms with van der Waals surface area (Å²) < 4.78 is 5.41. The van der Waals surface area contributed by atoms with Crippen LogP contribution in [-0.2, 0) is 4.74 Å². The molecule has 4 heteroatoms. The van der Waals surface area contributed by atoms with Crippen molar-refractivity contribution in [3.05, 3.63) is 0 Å². The van der Waals surface area contributed by atoms with E-state index in [0.29, 0.717) is 12.1 Å². The second-order valence-corrected chi connectivity index (χ2v) is 5.86. The lowest BCUT2D eigenvalue weighted by atomic mass is 9.72. The van der Waals surface area contributed by atoms with Crippen LogP contribution < -0.4 is 5.73 Å². The summed E-state index contributed by atoms with van der Waals surface area (Å²) in [5.74, 6) is 0. The first-order valence-corrected chi connectivity index (χ1v) is 6.75. The van der Waals surface area contributed by atoms with Gasteiger partial charge in [-0.2, -0.15) is 0 Å². The molecule has 0 spiro atoms. The van der Waals surface area contributed by atoms with Crippen LogP contribution in [0, 0.1) is 0 Å². The highest BCUT2D eigenvalue weighted by atomic mass is 16.5. The molecule has 0 aromatic carbocycles. The topological polar surface area (TPSA) is 41.7 Å². The summed E-state index contributed by atoms with van der Waals surface area (Å²) in [4.78, 5) is 4.97. The Morgan fingerprint density at radius 2 is 2.18 bits per heavy atom. The number of ether oxygens (including phenoxy) is 1. The molecule has 2 rings (SSSR count). The van der Waals surface area contributed by atoms with Gasteiger partial charge in [0.15, 0.2) is 0 Å². The van der Waals surface area contributed by atoms with Gasteiger partial charge in [-0.25, -0.2) is 0 Å². The highest BCUT2D eigenvalue weighted by Gasteiger charge is 2.48. The number of piperidine rings is 1. The third-order valence-corrected chi connectivity index (χ3v) is 4.82. The van der Waals surface area contributed by atoms with Crippen molar-refractivity contribution in [2.24, 2.45) is 5.73 Å². The van der Waals surface area contributed by atoms with E-state index in [2.05, 4.69) is 23.9 Å². The summed E-state index contributed by atoms with van der Waals surface area (Å²) in [6.45, 7) is 3.17. The van der Waals surface area contributed by atoms with E-state index in [0.717, 1.165) is 19.4 Å². The van der Waals surface area contributed by atoms with Crippen LogP contribution in [0.4, 0.5) is 0 Å². The molecule has 100 valence electrons. The van der Waals surface area contributed by atoms with Crippen molar-refractivity contribution >= 4 is 0 Å². The van der Waals surface area contributed by atoms with Crippen LogP contribution in [0.2, 0.25) is 0 Å². The van der Waals surface area contributed by atoms with Gasteiger partial charge in [-0.3, -0.25) is 4.90 Å². The first-order valence-electron chi connectivity index (χ1n) is 6.75. The summed E-state index contributed by atoms with van der Waals surface area (Å²) >= 11 is 0. The standard InChI is InChI=1S/C13H27N3O/c1-15-6-4-5-11(9-15)16(2)13(10-14)7-12(8-13)17-3/h11-12H,4-10,14H2,1-3H3. The molecule has 2 fully saturated rings. The van der Waals surface area contributed by atoms with Crippen LogP contribution >= 0.6 is 0 Å². The molecule has 0 amide bonds. The maximum Gasteiger partial charge on any atom is 0.0607 e. The monoisotopic (exact) mass is 241 g/mol. The number of hydrogen-bond acceptors (Lipinski definition) is 4. The van der Waals surface area contributed by atoms with Crippen LogP contribution in [-0.4, -0.2) is 68.3 Å². The molecule has 1 unspecified atom stereocenters. The minimum Gasteiger partial charge on any atom is -0.381 e. The molecule has 0 bridgehead atoms. The number of hydrogen-bond donors (Lipinski definition) is 1. The smallest absolute Gasteiger partial charge is 0.0607 e. The van der Waals surface area contributed by atoms with Crippen LogP contribution in [0.1, 0.15) is 25.7 Å².